The molecule has 0 radical (unpaired) electrons. The van der Waals surface area contributed by atoms with Gasteiger partial charge in [0.15, 0.2) is 15.8 Å². The third-order valence-electron chi connectivity index (χ3n) is 2.78. The zero-order valence-corrected chi connectivity index (χ0v) is 15.6. The van der Waals surface area contributed by atoms with Gasteiger partial charge >= 0.3 is 0 Å². The van der Waals surface area contributed by atoms with Crippen molar-refractivity contribution in [2.45, 2.75) is 19.9 Å². The number of guanidine groups is 1. The van der Waals surface area contributed by atoms with Gasteiger partial charge in [-0.3, -0.25) is 9.67 Å². The van der Waals surface area contributed by atoms with E-state index in [4.69, 9.17) is 0 Å². The molecule has 9 heteroatoms. The van der Waals surface area contributed by atoms with Crippen molar-refractivity contribution in [3.05, 3.63) is 18.5 Å². The molecular formula is C12H24IN5O2S. The fourth-order valence-electron chi connectivity index (χ4n) is 1.57. The molecule has 0 aromatic carbocycles. The maximum atomic E-state index is 11.4. The lowest BCUT2D eigenvalue weighted by atomic mass is 10.4. The minimum absolute atomic E-state index is 0. The molecule has 2 N–H and O–H groups in total. The Labute approximate surface area is 143 Å². The summed E-state index contributed by atoms with van der Waals surface area (Å²) in [7, 11) is -1.27. The highest BCUT2D eigenvalue weighted by molar-refractivity contribution is 14.0. The Balaban J connectivity index is 0.00000400. The van der Waals surface area contributed by atoms with E-state index in [1.54, 1.807) is 20.2 Å². The Kier molecular flexibility index (Phi) is 10.4. The number of hydrogen-bond acceptors (Lipinski definition) is 4. The van der Waals surface area contributed by atoms with E-state index in [0.717, 1.165) is 19.5 Å². The number of aliphatic imine (C=N–C) groups is 1. The lowest BCUT2D eigenvalue weighted by molar-refractivity contribution is 0.570. The summed E-state index contributed by atoms with van der Waals surface area (Å²) in [5, 5.41) is 10.2. The number of sulfone groups is 1. The van der Waals surface area contributed by atoms with Crippen molar-refractivity contribution < 1.29 is 8.42 Å². The molecule has 0 unspecified atom stereocenters. The van der Waals surface area contributed by atoms with Gasteiger partial charge in [0, 0.05) is 44.8 Å². The normalized spacial score (nSPS) is 11.8. The molecule has 0 aliphatic heterocycles. The van der Waals surface area contributed by atoms with Gasteiger partial charge in [0.25, 0.3) is 0 Å². The second-order valence-corrected chi connectivity index (χ2v) is 6.76. The number of nitrogens with zero attached hydrogens (tertiary/aromatic N) is 3. The molecule has 1 heterocycles. The molecule has 0 amide bonds. The summed E-state index contributed by atoms with van der Waals surface area (Å²) >= 11 is 0. The van der Waals surface area contributed by atoms with Gasteiger partial charge in [0.2, 0.25) is 0 Å². The fraction of sp³-hybridized carbons (Fsp3) is 0.667. The monoisotopic (exact) mass is 429 g/mol. The number of halogens is 1. The molecule has 21 heavy (non-hydrogen) atoms. The molecule has 0 fully saturated rings. The van der Waals surface area contributed by atoms with Crippen LogP contribution >= 0.6 is 24.0 Å². The van der Waals surface area contributed by atoms with E-state index in [0.29, 0.717) is 12.5 Å². The van der Waals surface area contributed by atoms with Gasteiger partial charge < -0.3 is 10.6 Å². The van der Waals surface area contributed by atoms with Crippen LogP contribution in [0.5, 0.6) is 0 Å². The lowest BCUT2D eigenvalue weighted by Gasteiger charge is -2.11. The molecular weight excluding hydrogens is 405 g/mol. The standard InChI is InChI=1S/C12H23N5O2S.HI/c1-3-20(18,19)11-8-15-12(13-2)14-6-4-9-17-10-5-7-16-17;/h5,7,10H,3-4,6,8-9,11H2,1-2H3,(H2,13,14,15);1H. The number of nitrogens with one attached hydrogen (secondary N) is 2. The number of rotatable bonds is 8. The van der Waals surface area contributed by atoms with Crippen molar-refractivity contribution >= 4 is 39.8 Å². The Hall–Kier alpha value is -0.840. The molecule has 1 aromatic rings. The summed E-state index contributed by atoms with van der Waals surface area (Å²) < 4.78 is 24.6. The van der Waals surface area contributed by atoms with Crippen molar-refractivity contribution in [3.63, 3.8) is 0 Å². The maximum Gasteiger partial charge on any atom is 0.191 e. The van der Waals surface area contributed by atoms with E-state index >= 15 is 0 Å². The summed E-state index contributed by atoms with van der Waals surface area (Å²) in [6.45, 7) is 3.61. The van der Waals surface area contributed by atoms with Crippen molar-refractivity contribution in [2.24, 2.45) is 4.99 Å². The van der Waals surface area contributed by atoms with Crippen molar-refractivity contribution in [1.29, 1.82) is 0 Å². The molecule has 0 bridgehead atoms. The first-order valence-corrected chi connectivity index (χ1v) is 8.52. The number of aryl methyl sites for hydroxylation is 1. The molecule has 7 nitrogen and oxygen atoms in total. The van der Waals surface area contributed by atoms with Gasteiger partial charge in [-0.15, -0.1) is 24.0 Å². The van der Waals surface area contributed by atoms with E-state index in [1.165, 1.54) is 0 Å². The third kappa shape index (κ3) is 8.91. The second-order valence-electron chi connectivity index (χ2n) is 4.28. The van der Waals surface area contributed by atoms with E-state index in [2.05, 4.69) is 20.7 Å². The van der Waals surface area contributed by atoms with E-state index in [1.807, 2.05) is 16.9 Å². The summed E-state index contributed by atoms with van der Waals surface area (Å²) in [6.07, 6.45) is 4.58. The average molecular weight is 429 g/mol. The molecule has 0 aliphatic carbocycles. The average Bonchev–Trinajstić information content (AvgIpc) is 2.94. The first-order chi connectivity index (χ1) is 9.57. The summed E-state index contributed by atoms with van der Waals surface area (Å²) in [6, 6.07) is 1.89. The minimum Gasteiger partial charge on any atom is -0.356 e. The topological polar surface area (TPSA) is 88.4 Å². The Morgan fingerprint density at radius 3 is 2.62 bits per heavy atom. The van der Waals surface area contributed by atoms with Crippen LogP contribution in [0.25, 0.3) is 0 Å². The molecule has 0 atom stereocenters. The quantitative estimate of drug-likeness (QED) is 0.272. The van der Waals surface area contributed by atoms with Crippen LogP contribution in [0.15, 0.2) is 23.5 Å². The molecule has 1 aromatic heterocycles. The Bertz CT molecular complexity index is 502. The van der Waals surface area contributed by atoms with Crippen molar-refractivity contribution in [2.75, 3.05) is 31.6 Å². The SMILES string of the molecule is CCS(=O)(=O)CCNC(=NC)NCCCn1cccn1.I. The van der Waals surface area contributed by atoms with Crippen LogP contribution in [-0.2, 0) is 16.4 Å². The van der Waals surface area contributed by atoms with Crippen LogP contribution in [0.3, 0.4) is 0 Å². The highest BCUT2D eigenvalue weighted by Crippen LogP contribution is 1.89. The molecule has 0 saturated carbocycles. The lowest BCUT2D eigenvalue weighted by Crippen LogP contribution is -2.40. The van der Waals surface area contributed by atoms with E-state index < -0.39 is 9.84 Å². The Morgan fingerprint density at radius 1 is 1.33 bits per heavy atom. The number of hydrogen-bond donors (Lipinski definition) is 2. The van der Waals surface area contributed by atoms with Crippen LogP contribution < -0.4 is 10.6 Å². The van der Waals surface area contributed by atoms with Crippen LogP contribution in [0.4, 0.5) is 0 Å². The van der Waals surface area contributed by atoms with Gasteiger partial charge in [0.1, 0.15) is 0 Å². The van der Waals surface area contributed by atoms with Gasteiger partial charge in [-0.25, -0.2) is 8.42 Å². The van der Waals surface area contributed by atoms with Gasteiger partial charge in [-0.05, 0) is 12.5 Å². The second kappa shape index (κ2) is 10.8. The fourth-order valence-corrected chi connectivity index (χ4v) is 2.27. The molecule has 0 saturated heterocycles. The summed E-state index contributed by atoms with van der Waals surface area (Å²) in [5.41, 5.74) is 0. The molecule has 122 valence electrons. The minimum atomic E-state index is -2.94. The number of aromatic nitrogens is 2. The highest BCUT2D eigenvalue weighted by Gasteiger charge is 2.07. The van der Waals surface area contributed by atoms with Gasteiger partial charge in [-0.1, -0.05) is 6.92 Å². The summed E-state index contributed by atoms with van der Waals surface area (Å²) in [4.78, 5) is 4.05. The van der Waals surface area contributed by atoms with Gasteiger partial charge in [-0.2, -0.15) is 5.10 Å². The molecule has 0 aliphatic rings. The molecule has 0 spiro atoms. The largest absolute Gasteiger partial charge is 0.356 e. The smallest absolute Gasteiger partial charge is 0.191 e. The van der Waals surface area contributed by atoms with Gasteiger partial charge in [0.05, 0.1) is 5.75 Å². The predicted molar refractivity (Wildman–Crippen MR) is 96.0 cm³/mol. The highest BCUT2D eigenvalue weighted by atomic mass is 127. The van der Waals surface area contributed by atoms with E-state index in [9.17, 15) is 8.42 Å². The first-order valence-electron chi connectivity index (χ1n) is 6.70. The van der Waals surface area contributed by atoms with Crippen molar-refractivity contribution in [1.82, 2.24) is 20.4 Å². The Morgan fingerprint density at radius 2 is 2.05 bits per heavy atom. The van der Waals surface area contributed by atoms with Crippen LogP contribution in [0, 0.1) is 0 Å². The van der Waals surface area contributed by atoms with E-state index in [-0.39, 0.29) is 35.5 Å². The van der Waals surface area contributed by atoms with Crippen molar-refractivity contribution in [3.8, 4) is 0 Å². The van der Waals surface area contributed by atoms with Crippen LogP contribution in [0.2, 0.25) is 0 Å². The van der Waals surface area contributed by atoms with Crippen LogP contribution in [0.1, 0.15) is 13.3 Å². The summed E-state index contributed by atoms with van der Waals surface area (Å²) in [5.74, 6) is 0.916. The third-order valence-corrected chi connectivity index (χ3v) is 4.49. The zero-order valence-electron chi connectivity index (χ0n) is 12.4. The predicted octanol–water partition coefficient (Wildman–Crippen LogP) is 0.491. The zero-order chi connectivity index (χ0) is 14.8. The van der Waals surface area contributed by atoms with Crippen LogP contribution in [-0.4, -0.2) is 55.8 Å². The molecule has 1 rings (SSSR count). The maximum absolute atomic E-state index is 11.4. The first kappa shape index (κ1) is 20.2.